The summed E-state index contributed by atoms with van der Waals surface area (Å²) in [4.78, 5) is 0. The van der Waals surface area contributed by atoms with Gasteiger partial charge in [0.25, 0.3) is 0 Å². The summed E-state index contributed by atoms with van der Waals surface area (Å²) in [5.41, 5.74) is -0.663. The van der Waals surface area contributed by atoms with Gasteiger partial charge in [-0.3, -0.25) is 0 Å². The Morgan fingerprint density at radius 3 is 2.44 bits per heavy atom. The van der Waals surface area contributed by atoms with E-state index >= 15 is 0 Å². The molecule has 1 heterocycles. The summed E-state index contributed by atoms with van der Waals surface area (Å²) in [5, 5.41) is 8.55. The molecule has 0 unspecified atom stereocenters. The van der Waals surface area contributed by atoms with E-state index < -0.39 is 21.8 Å². The van der Waals surface area contributed by atoms with E-state index in [2.05, 4.69) is 0 Å². The van der Waals surface area contributed by atoms with Crippen LogP contribution in [0.3, 0.4) is 0 Å². The molecular weight excluding hydrogens is 271 g/mol. The van der Waals surface area contributed by atoms with Gasteiger partial charge in [0.2, 0.25) is 10.0 Å². The van der Waals surface area contributed by atoms with Crippen LogP contribution < -0.4 is 0 Å². The smallest absolute Gasteiger partial charge is 0.396 e. The van der Waals surface area contributed by atoms with Gasteiger partial charge >= 0.3 is 6.18 Å². The van der Waals surface area contributed by atoms with E-state index in [0.717, 1.165) is 10.4 Å². The van der Waals surface area contributed by atoms with Gasteiger partial charge in [0, 0.05) is 25.3 Å². The zero-order valence-electron chi connectivity index (χ0n) is 9.78. The van der Waals surface area contributed by atoms with Crippen molar-refractivity contribution in [3.63, 3.8) is 0 Å². The van der Waals surface area contributed by atoms with Crippen molar-refractivity contribution in [3.05, 3.63) is 11.6 Å². The number of nitrogens with zero attached hydrogens (tertiary/aromatic N) is 1. The van der Waals surface area contributed by atoms with Gasteiger partial charge in [0.1, 0.15) is 0 Å². The van der Waals surface area contributed by atoms with E-state index in [-0.39, 0.29) is 31.9 Å². The summed E-state index contributed by atoms with van der Waals surface area (Å²) >= 11 is 0. The molecule has 0 radical (unpaired) electrons. The topological polar surface area (TPSA) is 57.6 Å². The van der Waals surface area contributed by atoms with Crippen LogP contribution in [0.1, 0.15) is 19.3 Å². The molecule has 0 aromatic rings. The highest BCUT2D eigenvalue weighted by Crippen LogP contribution is 2.30. The number of unbranched alkanes of at least 4 members (excludes halogenated alkanes) is 1. The molecule has 0 amide bonds. The predicted octanol–water partition coefficient (Wildman–Crippen LogP) is 1.28. The molecule has 0 saturated heterocycles. The fourth-order valence-corrected chi connectivity index (χ4v) is 3.18. The first-order valence-corrected chi connectivity index (χ1v) is 7.23. The maximum absolute atomic E-state index is 12.3. The second kappa shape index (κ2) is 6.03. The number of hydrogen-bond donors (Lipinski definition) is 1. The Morgan fingerprint density at radius 2 is 2.00 bits per heavy atom. The second-order valence-electron chi connectivity index (χ2n) is 4.08. The van der Waals surface area contributed by atoms with Crippen LogP contribution >= 0.6 is 0 Å². The first-order valence-electron chi connectivity index (χ1n) is 5.62. The molecule has 1 aliphatic rings. The lowest BCUT2D eigenvalue weighted by Crippen LogP contribution is -2.38. The Labute approximate surface area is 104 Å². The van der Waals surface area contributed by atoms with Gasteiger partial charge in [-0.05, 0) is 19.3 Å². The lowest BCUT2D eigenvalue weighted by molar-refractivity contribution is -0.0953. The van der Waals surface area contributed by atoms with Crippen LogP contribution in [0.2, 0.25) is 0 Å². The van der Waals surface area contributed by atoms with E-state index in [0.29, 0.717) is 12.8 Å². The lowest BCUT2D eigenvalue weighted by atomic mass is 10.1. The third-order valence-electron chi connectivity index (χ3n) is 2.74. The van der Waals surface area contributed by atoms with Gasteiger partial charge in [0.05, 0.1) is 5.75 Å². The van der Waals surface area contributed by atoms with Crippen molar-refractivity contribution in [1.29, 1.82) is 0 Å². The quantitative estimate of drug-likeness (QED) is 0.612. The van der Waals surface area contributed by atoms with E-state index in [1.54, 1.807) is 0 Å². The molecule has 1 aliphatic heterocycles. The average molecular weight is 287 g/mol. The number of alkyl halides is 3. The lowest BCUT2D eigenvalue weighted by Gasteiger charge is -2.26. The summed E-state index contributed by atoms with van der Waals surface area (Å²) in [6.07, 6.45) is -3.07. The summed E-state index contributed by atoms with van der Waals surface area (Å²) < 4.78 is 61.6. The standard InChI is InChI=1S/C10H16F3NO3S/c11-10(12,13)9-3-5-14(6-4-9)18(16,17)8-2-1-7-15/h3,15H,1-2,4-8H2. The van der Waals surface area contributed by atoms with Crippen molar-refractivity contribution in [2.24, 2.45) is 0 Å². The van der Waals surface area contributed by atoms with Crippen LogP contribution in [0.5, 0.6) is 0 Å². The van der Waals surface area contributed by atoms with E-state index in [4.69, 9.17) is 5.11 Å². The van der Waals surface area contributed by atoms with Crippen LogP contribution in [0.4, 0.5) is 13.2 Å². The molecule has 0 bridgehead atoms. The SMILES string of the molecule is O=S(=O)(CCCCO)N1CC=C(C(F)(F)F)CC1. The van der Waals surface area contributed by atoms with Crippen LogP contribution in [0, 0.1) is 0 Å². The number of sulfonamides is 1. The molecule has 1 N–H and O–H groups in total. The highest BCUT2D eigenvalue weighted by Gasteiger charge is 2.36. The molecule has 18 heavy (non-hydrogen) atoms. The monoisotopic (exact) mass is 287 g/mol. The average Bonchev–Trinajstić information content (AvgIpc) is 2.28. The highest BCUT2D eigenvalue weighted by molar-refractivity contribution is 7.89. The van der Waals surface area contributed by atoms with Crippen molar-refractivity contribution < 1.29 is 26.7 Å². The Balaban J connectivity index is 2.59. The molecule has 106 valence electrons. The molecule has 0 saturated carbocycles. The third kappa shape index (κ3) is 4.25. The first-order chi connectivity index (χ1) is 8.27. The van der Waals surface area contributed by atoms with E-state index in [1.165, 1.54) is 0 Å². The van der Waals surface area contributed by atoms with Crippen molar-refractivity contribution in [2.45, 2.75) is 25.4 Å². The molecule has 0 aromatic carbocycles. The predicted molar refractivity (Wildman–Crippen MR) is 60.4 cm³/mol. The Morgan fingerprint density at radius 1 is 1.33 bits per heavy atom. The maximum Gasteiger partial charge on any atom is 0.412 e. The largest absolute Gasteiger partial charge is 0.412 e. The molecule has 0 aromatic heterocycles. The van der Waals surface area contributed by atoms with E-state index in [1.807, 2.05) is 0 Å². The van der Waals surface area contributed by atoms with Crippen molar-refractivity contribution in [3.8, 4) is 0 Å². The van der Waals surface area contributed by atoms with Crippen LogP contribution in [-0.2, 0) is 10.0 Å². The highest BCUT2D eigenvalue weighted by atomic mass is 32.2. The minimum absolute atomic E-state index is 0.0896. The fraction of sp³-hybridized carbons (Fsp3) is 0.800. The molecule has 0 atom stereocenters. The van der Waals surface area contributed by atoms with E-state index in [9.17, 15) is 21.6 Å². The van der Waals surface area contributed by atoms with Gasteiger partial charge in [0.15, 0.2) is 0 Å². The maximum atomic E-state index is 12.3. The number of aliphatic hydroxyl groups is 1. The Hall–Kier alpha value is -0.600. The minimum Gasteiger partial charge on any atom is -0.396 e. The van der Waals surface area contributed by atoms with Crippen LogP contribution in [-0.4, -0.2) is 49.5 Å². The molecule has 0 aliphatic carbocycles. The second-order valence-corrected chi connectivity index (χ2v) is 6.17. The van der Waals surface area contributed by atoms with Gasteiger partial charge in [-0.2, -0.15) is 17.5 Å². The first kappa shape index (κ1) is 15.5. The van der Waals surface area contributed by atoms with Gasteiger partial charge in [-0.15, -0.1) is 0 Å². The summed E-state index contributed by atoms with van der Waals surface area (Å²) in [7, 11) is -3.51. The molecule has 4 nitrogen and oxygen atoms in total. The number of halogens is 3. The van der Waals surface area contributed by atoms with Crippen molar-refractivity contribution in [1.82, 2.24) is 4.31 Å². The van der Waals surface area contributed by atoms with Gasteiger partial charge in [-0.25, -0.2) is 8.42 Å². The van der Waals surface area contributed by atoms with Gasteiger partial charge < -0.3 is 5.11 Å². The van der Waals surface area contributed by atoms with Crippen molar-refractivity contribution >= 4 is 10.0 Å². The Kier molecular flexibility index (Phi) is 5.18. The molecule has 0 fully saturated rings. The van der Waals surface area contributed by atoms with Gasteiger partial charge in [-0.1, -0.05) is 6.08 Å². The summed E-state index contributed by atoms with van der Waals surface area (Å²) in [6.45, 7) is -0.448. The number of rotatable bonds is 5. The Bertz CT molecular complexity index is 403. The van der Waals surface area contributed by atoms with Crippen molar-refractivity contribution in [2.75, 3.05) is 25.4 Å². The fourth-order valence-electron chi connectivity index (χ4n) is 1.69. The molecule has 1 rings (SSSR count). The molecule has 0 spiro atoms. The summed E-state index contributed by atoms with van der Waals surface area (Å²) in [5.74, 6) is -0.136. The van der Waals surface area contributed by atoms with Crippen LogP contribution in [0.15, 0.2) is 11.6 Å². The normalized spacial score (nSPS) is 18.8. The molecular formula is C10H16F3NO3S. The summed E-state index contributed by atoms with van der Waals surface area (Å²) in [6, 6.07) is 0. The third-order valence-corrected chi connectivity index (χ3v) is 4.66. The number of aliphatic hydroxyl groups excluding tert-OH is 1. The number of hydrogen-bond acceptors (Lipinski definition) is 3. The zero-order chi connectivity index (χ0) is 13.8. The zero-order valence-corrected chi connectivity index (χ0v) is 10.6. The van der Waals surface area contributed by atoms with Crippen LogP contribution in [0.25, 0.3) is 0 Å². The minimum atomic E-state index is -4.37. The molecule has 8 heteroatoms.